The van der Waals surface area contributed by atoms with Gasteiger partial charge < -0.3 is 45.1 Å². The predicted octanol–water partition coefficient (Wildman–Crippen LogP) is 14.6. The van der Waals surface area contributed by atoms with Crippen molar-refractivity contribution in [3.8, 4) is 0 Å². The van der Waals surface area contributed by atoms with E-state index in [0.29, 0.717) is 19.4 Å². The maximum Gasteiger partial charge on any atom is 0.305 e. The zero-order chi connectivity index (χ0) is 54.5. The molecule has 11 nitrogen and oxygen atoms in total. The number of hydrogen-bond donors (Lipinski definition) is 6. The highest BCUT2D eigenvalue weighted by molar-refractivity contribution is 5.76. The van der Waals surface area contributed by atoms with Gasteiger partial charge in [0.1, 0.15) is 24.4 Å². The van der Waals surface area contributed by atoms with E-state index in [-0.39, 0.29) is 18.5 Å². The Morgan fingerprint density at radius 2 is 0.907 bits per heavy atom. The van der Waals surface area contributed by atoms with Gasteiger partial charge in [0.15, 0.2) is 6.29 Å². The number of aliphatic hydroxyl groups excluding tert-OH is 5. The topological polar surface area (TPSA) is 175 Å². The van der Waals surface area contributed by atoms with Gasteiger partial charge in [-0.3, -0.25) is 9.59 Å². The Morgan fingerprint density at radius 1 is 0.493 bits per heavy atom. The Kier molecular flexibility index (Phi) is 50.1. The van der Waals surface area contributed by atoms with Gasteiger partial charge >= 0.3 is 5.97 Å². The maximum absolute atomic E-state index is 13.0. The highest BCUT2D eigenvalue weighted by Crippen LogP contribution is 2.23. The van der Waals surface area contributed by atoms with Crippen LogP contribution in [0.4, 0.5) is 0 Å². The molecule has 1 saturated heterocycles. The third-order valence-electron chi connectivity index (χ3n) is 14.4. The van der Waals surface area contributed by atoms with Crippen LogP contribution in [0.1, 0.15) is 271 Å². The minimum Gasteiger partial charge on any atom is -0.466 e. The average Bonchev–Trinajstić information content (AvgIpc) is 3.41. The van der Waals surface area contributed by atoms with Gasteiger partial charge in [-0.25, -0.2) is 0 Å². The maximum atomic E-state index is 13.0. The number of amides is 1. The van der Waals surface area contributed by atoms with Gasteiger partial charge in [-0.1, -0.05) is 216 Å². The first-order chi connectivity index (χ1) is 36.7. The number of carbonyl (C=O) groups excluding carboxylic acids is 2. The highest BCUT2D eigenvalue weighted by atomic mass is 16.7. The van der Waals surface area contributed by atoms with Crippen molar-refractivity contribution in [1.82, 2.24) is 5.32 Å². The van der Waals surface area contributed by atoms with E-state index < -0.39 is 49.5 Å². The molecule has 0 spiro atoms. The summed E-state index contributed by atoms with van der Waals surface area (Å²) >= 11 is 0. The van der Waals surface area contributed by atoms with E-state index in [1.165, 1.54) is 154 Å². The molecular formula is C64H115NO10. The molecule has 0 aliphatic carbocycles. The van der Waals surface area contributed by atoms with Crippen LogP contribution >= 0.6 is 0 Å². The number of esters is 1. The Balaban J connectivity index is 2.02. The van der Waals surface area contributed by atoms with Crippen LogP contribution in [0.15, 0.2) is 60.8 Å². The molecule has 0 aromatic carbocycles. The second-order valence-corrected chi connectivity index (χ2v) is 21.4. The van der Waals surface area contributed by atoms with E-state index in [4.69, 9.17) is 14.2 Å². The fourth-order valence-corrected chi connectivity index (χ4v) is 9.38. The number of aliphatic hydroxyl groups is 5. The minimum atomic E-state index is -1.58. The van der Waals surface area contributed by atoms with Gasteiger partial charge in [0, 0.05) is 12.8 Å². The summed E-state index contributed by atoms with van der Waals surface area (Å²) in [5.74, 6) is -0.235. The number of hydrogen-bond acceptors (Lipinski definition) is 10. The molecule has 1 amide bonds. The molecule has 6 N–H and O–H groups in total. The molecule has 7 unspecified atom stereocenters. The number of rotatable bonds is 53. The zero-order valence-electron chi connectivity index (χ0n) is 48.0. The molecule has 7 atom stereocenters. The third kappa shape index (κ3) is 43.0. The van der Waals surface area contributed by atoms with Gasteiger partial charge in [0.05, 0.1) is 32.0 Å². The first-order valence-electron chi connectivity index (χ1n) is 31.1. The summed E-state index contributed by atoms with van der Waals surface area (Å²) < 4.78 is 16.7. The van der Waals surface area contributed by atoms with Crippen molar-refractivity contribution in [1.29, 1.82) is 0 Å². The van der Waals surface area contributed by atoms with Gasteiger partial charge in [-0.15, -0.1) is 0 Å². The number of nitrogens with one attached hydrogen (secondary N) is 1. The molecule has 1 fully saturated rings. The monoisotopic (exact) mass is 1060 g/mol. The van der Waals surface area contributed by atoms with Crippen LogP contribution in [0, 0.1) is 0 Å². The Morgan fingerprint density at radius 3 is 1.43 bits per heavy atom. The van der Waals surface area contributed by atoms with E-state index >= 15 is 0 Å². The molecule has 11 heteroatoms. The summed E-state index contributed by atoms with van der Waals surface area (Å²) in [6.45, 7) is 4.22. The summed E-state index contributed by atoms with van der Waals surface area (Å²) in [7, 11) is 0. The van der Waals surface area contributed by atoms with E-state index in [9.17, 15) is 35.1 Å². The minimum absolute atomic E-state index is 0.0300. The van der Waals surface area contributed by atoms with Crippen molar-refractivity contribution >= 4 is 11.9 Å². The van der Waals surface area contributed by atoms with Crippen LogP contribution in [-0.2, 0) is 23.8 Å². The number of allylic oxidation sites excluding steroid dienone is 9. The quantitative estimate of drug-likeness (QED) is 0.0149. The van der Waals surface area contributed by atoms with Crippen LogP contribution in [-0.4, -0.2) is 100 Å². The van der Waals surface area contributed by atoms with Crippen LogP contribution in [0.5, 0.6) is 0 Å². The lowest BCUT2D eigenvalue weighted by Crippen LogP contribution is -2.60. The molecular weight excluding hydrogens is 943 g/mol. The van der Waals surface area contributed by atoms with Gasteiger partial charge in [-0.05, 0) is 103 Å². The highest BCUT2D eigenvalue weighted by Gasteiger charge is 2.44. The standard InChI is InChI=1S/C64H115NO10/c1-3-5-7-9-11-13-14-15-16-17-19-23-26-29-32-36-40-44-48-52-60(69)73-53-49-45-41-37-33-30-27-24-21-18-20-22-25-28-31-35-39-43-47-51-59(68)65-56(57(67)50-46-42-38-34-12-10-8-6-4-2)55-74-64-63(72)62(71)61(70)58(54-66)75-64/h12,15-16,24,27,30,33-34,46,50,56-58,61-64,66-67,70-72H,3-11,13-14,17-23,25-26,28-29,31-32,35-45,47-49,51-55H2,1-2H3,(H,65,68)/b16-15-,27-24-,33-30-,34-12+,50-46+. The summed E-state index contributed by atoms with van der Waals surface area (Å²) in [6.07, 6.45) is 59.1. The van der Waals surface area contributed by atoms with Gasteiger partial charge in [0.25, 0.3) is 0 Å². The van der Waals surface area contributed by atoms with E-state index in [1.54, 1.807) is 6.08 Å². The van der Waals surface area contributed by atoms with Gasteiger partial charge in [-0.2, -0.15) is 0 Å². The summed E-state index contributed by atoms with van der Waals surface area (Å²) in [5.41, 5.74) is 0. The zero-order valence-corrected chi connectivity index (χ0v) is 48.0. The van der Waals surface area contributed by atoms with Crippen molar-refractivity contribution in [2.45, 2.75) is 314 Å². The van der Waals surface area contributed by atoms with Gasteiger partial charge in [0.2, 0.25) is 5.91 Å². The second-order valence-electron chi connectivity index (χ2n) is 21.4. The molecule has 0 aromatic heterocycles. The Hall–Kier alpha value is -2.64. The van der Waals surface area contributed by atoms with Crippen LogP contribution in [0.25, 0.3) is 0 Å². The first kappa shape index (κ1) is 70.4. The summed E-state index contributed by atoms with van der Waals surface area (Å²) in [6, 6.07) is -0.835. The third-order valence-corrected chi connectivity index (χ3v) is 14.4. The van der Waals surface area contributed by atoms with Crippen molar-refractivity contribution < 1.29 is 49.3 Å². The summed E-state index contributed by atoms with van der Waals surface area (Å²) in [4.78, 5) is 25.1. The van der Waals surface area contributed by atoms with Crippen molar-refractivity contribution in [3.63, 3.8) is 0 Å². The molecule has 1 aliphatic heterocycles. The van der Waals surface area contributed by atoms with Crippen LogP contribution < -0.4 is 5.32 Å². The lowest BCUT2D eigenvalue weighted by Gasteiger charge is -2.40. The lowest BCUT2D eigenvalue weighted by atomic mass is 9.99. The molecule has 1 aliphatic rings. The first-order valence-corrected chi connectivity index (χ1v) is 31.1. The van der Waals surface area contributed by atoms with Crippen molar-refractivity contribution in [2.75, 3.05) is 19.8 Å². The normalized spacial score (nSPS) is 19.2. The van der Waals surface area contributed by atoms with Crippen LogP contribution in [0.3, 0.4) is 0 Å². The largest absolute Gasteiger partial charge is 0.466 e. The Labute approximate surface area is 458 Å². The fourth-order valence-electron chi connectivity index (χ4n) is 9.38. The molecule has 75 heavy (non-hydrogen) atoms. The number of unbranched alkanes of at least 4 members (excludes halogenated alkanes) is 32. The molecule has 436 valence electrons. The molecule has 1 rings (SSSR count). The van der Waals surface area contributed by atoms with E-state index in [1.807, 2.05) is 6.08 Å². The van der Waals surface area contributed by atoms with E-state index in [2.05, 4.69) is 67.8 Å². The SMILES string of the molecule is CCCCC/C=C/CC/C=C/C(O)C(COC1OC(CO)C(O)C(O)C1O)NC(=O)CCCCCCCCCCCC/C=C\C=C/CCCCCOC(=O)CCCCCCCCCCC/C=C\CCCCCCCC. The van der Waals surface area contributed by atoms with E-state index in [0.717, 1.165) is 89.9 Å². The Bertz CT molecular complexity index is 1430. The number of ether oxygens (including phenoxy) is 3. The molecule has 0 radical (unpaired) electrons. The average molecular weight is 1060 g/mol. The summed E-state index contributed by atoms with van der Waals surface area (Å²) in [5, 5.41) is 54.1. The molecule has 0 bridgehead atoms. The predicted molar refractivity (Wildman–Crippen MR) is 310 cm³/mol. The molecule has 1 heterocycles. The van der Waals surface area contributed by atoms with Crippen molar-refractivity contribution in [3.05, 3.63) is 60.8 Å². The fraction of sp³-hybridized carbons (Fsp3) is 0.812. The lowest BCUT2D eigenvalue weighted by molar-refractivity contribution is -0.302. The molecule has 0 saturated carbocycles. The van der Waals surface area contributed by atoms with Crippen LogP contribution in [0.2, 0.25) is 0 Å². The van der Waals surface area contributed by atoms with Crippen molar-refractivity contribution in [2.24, 2.45) is 0 Å². The number of carbonyl (C=O) groups is 2. The smallest absolute Gasteiger partial charge is 0.305 e. The second kappa shape index (κ2) is 53.4. The molecule has 0 aromatic rings.